The number of allylic oxidation sites excluding steroid dienone is 8. The maximum absolute atomic E-state index is 13.7. The summed E-state index contributed by atoms with van der Waals surface area (Å²) in [5, 5.41) is 25.1. The molecule has 7 N–H and O–H groups in total. The zero-order valence-corrected chi connectivity index (χ0v) is 55.2. The summed E-state index contributed by atoms with van der Waals surface area (Å²) in [5.41, 5.74) is 8.42. The minimum absolute atomic E-state index is 0.0940. The molecule has 10 atom stereocenters. The monoisotopic (exact) mass is 1250 g/mol. The molecule has 4 bridgehead atoms. The van der Waals surface area contributed by atoms with Crippen molar-refractivity contribution in [1.29, 1.82) is 0 Å². The van der Waals surface area contributed by atoms with Gasteiger partial charge < -0.3 is 70.4 Å². The van der Waals surface area contributed by atoms with Crippen molar-refractivity contribution >= 4 is 58.5 Å². The Morgan fingerprint density at radius 1 is 0.629 bits per heavy atom. The Morgan fingerprint density at radius 2 is 1.03 bits per heavy atom. The Labute approximate surface area is 524 Å². The van der Waals surface area contributed by atoms with Gasteiger partial charge in [0.15, 0.2) is 11.9 Å². The van der Waals surface area contributed by atoms with Crippen LogP contribution in [0.3, 0.4) is 0 Å². The minimum atomic E-state index is -0.977. The Kier molecular flexibility index (Phi) is 31.7. The van der Waals surface area contributed by atoms with E-state index in [1.165, 1.54) is 35.4 Å². The van der Waals surface area contributed by atoms with Crippen molar-refractivity contribution in [3.8, 4) is 0 Å². The van der Waals surface area contributed by atoms with Crippen LogP contribution in [0.25, 0.3) is 0 Å². The fourth-order valence-electron chi connectivity index (χ4n) is 10.9. The topological polar surface area (TPSA) is 322 Å². The van der Waals surface area contributed by atoms with Crippen molar-refractivity contribution in [3.05, 3.63) is 92.7 Å². The number of nitrogens with one attached hydrogen (secondary N) is 4. The Morgan fingerprint density at radius 3 is 1.40 bits per heavy atom. The second-order valence-corrected chi connectivity index (χ2v) is 23.8. The highest BCUT2D eigenvalue weighted by Gasteiger charge is 2.36. The fourth-order valence-corrected chi connectivity index (χ4v) is 10.9. The van der Waals surface area contributed by atoms with E-state index in [1.54, 1.807) is 58.9 Å². The molecule has 494 valence electrons. The molecule has 2 aliphatic heterocycles. The Hall–Kier alpha value is -7.22. The second-order valence-electron chi connectivity index (χ2n) is 23.8. The van der Waals surface area contributed by atoms with Gasteiger partial charge in [0, 0.05) is 108 Å². The largest absolute Gasteiger partial charge is 0.455 e. The molecule has 0 spiro atoms. The van der Waals surface area contributed by atoms with Crippen molar-refractivity contribution in [2.75, 3.05) is 82.8 Å². The summed E-state index contributed by atoms with van der Waals surface area (Å²) in [6.07, 6.45) is 6.65. The Bertz CT molecular complexity index is 2880. The van der Waals surface area contributed by atoms with E-state index in [9.17, 15) is 48.4 Å². The lowest BCUT2D eigenvalue weighted by atomic mass is 9.85. The molecule has 4 rings (SSSR count). The number of nitrogens with zero attached hydrogens (tertiary/aromatic N) is 3. The molecule has 0 radical (unpaired) electrons. The lowest BCUT2D eigenvalue weighted by Crippen LogP contribution is -2.38. The summed E-state index contributed by atoms with van der Waals surface area (Å²) in [5.74, 6) is -4.85. The van der Waals surface area contributed by atoms with Crippen LogP contribution in [0, 0.1) is 23.7 Å². The summed E-state index contributed by atoms with van der Waals surface area (Å²) in [6, 6.07) is 0. The summed E-state index contributed by atoms with van der Waals surface area (Å²) >= 11 is 0. The molecule has 24 nitrogen and oxygen atoms in total. The summed E-state index contributed by atoms with van der Waals surface area (Å²) in [7, 11) is 13.6. The average molecular weight is 1250 g/mol. The van der Waals surface area contributed by atoms with Crippen LogP contribution in [-0.2, 0) is 66.8 Å². The molecule has 24 heteroatoms. The quantitative estimate of drug-likeness (QED) is 0.0416. The number of hydrogen-bond donors (Lipinski definition) is 6. The van der Waals surface area contributed by atoms with Gasteiger partial charge in [-0.05, 0) is 130 Å². The van der Waals surface area contributed by atoms with Crippen LogP contribution in [0.5, 0.6) is 0 Å². The van der Waals surface area contributed by atoms with Crippen LogP contribution in [0.4, 0.5) is 4.79 Å². The van der Waals surface area contributed by atoms with E-state index in [1.807, 2.05) is 58.8 Å². The van der Waals surface area contributed by atoms with E-state index in [4.69, 9.17) is 34.2 Å². The first-order valence-electron chi connectivity index (χ1n) is 30.1. The third-order valence-electron chi connectivity index (χ3n) is 15.7. The van der Waals surface area contributed by atoms with E-state index < -0.39 is 95.5 Å². The molecule has 0 aromatic carbocycles. The van der Waals surface area contributed by atoms with Gasteiger partial charge in [0.2, 0.25) is 23.1 Å². The number of hydrogen-bond acceptors (Lipinski definition) is 21. The maximum atomic E-state index is 13.7. The average Bonchev–Trinajstić information content (AvgIpc) is 1.85. The number of ether oxygens (including phenoxy) is 6. The summed E-state index contributed by atoms with van der Waals surface area (Å²) in [6.45, 7) is 17.6. The van der Waals surface area contributed by atoms with Crippen LogP contribution >= 0.6 is 0 Å². The van der Waals surface area contributed by atoms with E-state index in [0.29, 0.717) is 92.7 Å². The molecule has 4 aliphatic rings. The van der Waals surface area contributed by atoms with Crippen LogP contribution in [0.15, 0.2) is 97.8 Å². The third kappa shape index (κ3) is 23.3. The van der Waals surface area contributed by atoms with Gasteiger partial charge >= 0.3 is 12.1 Å². The lowest BCUT2D eigenvalue weighted by molar-refractivity contribution is -0.151. The number of methoxy groups -OCH3 is 4. The number of carbonyl (C=O) groups excluding carboxylic acids is 9. The number of oxime groups is 1. The van der Waals surface area contributed by atoms with E-state index >= 15 is 0 Å². The van der Waals surface area contributed by atoms with Gasteiger partial charge in [-0.3, -0.25) is 38.4 Å². The highest BCUT2D eigenvalue weighted by molar-refractivity contribution is 6.24. The van der Waals surface area contributed by atoms with Crippen molar-refractivity contribution in [1.82, 2.24) is 31.1 Å². The number of amides is 3. The SMILES string of the molecule is CO[C@H]1C[C@H](C)CC2=C(NCCN(C)C)C(=O)C=C(NC(=O)/C(C)=C/CC[C@H](OC)[C@@H](OC(C)=O)/C(C)=C/[C@H](C)C1=O)C2=O.CO[C@H]1C[C@H](C)CC2=C(NCCN(C)C)C(=O)C=C(NC(=O)/C(C)=C/CC[C@H](OC)[C@@H](OC(N)=O)/C(C)=C/[C@H](C)/C1=N\O)C2=O. The van der Waals surface area contributed by atoms with Gasteiger partial charge in [0.05, 0.1) is 46.8 Å². The number of Topliss-reactive ketones (excluding diaryl/α,β-unsaturated/α-hetero) is 3. The lowest BCUT2D eigenvalue weighted by Gasteiger charge is -2.28. The molecule has 2 aliphatic carbocycles. The molecule has 3 amide bonds. The fraction of sp³-hybridized carbons (Fsp3) is 0.600. The van der Waals surface area contributed by atoms with Gasteiger partial charge in [-0.15, -0.1) is 0 Å². The number of ketones is 5. The van der Waals surface area contributed by atoms with Crippen molar-refractivity contribution in [2.24, 2.45) is 34.6 Å². The maximum Gasteiger partial charge on any atom is 0.405 e. The number of fused-ring (bicyclic) bond motifs is 4. The second kappa shape index (κ2) is 37.1. The zero-order chi connectivity index (χ0) is 67.0. The zero-order valence-electron chi connectivity index (χ0n) is 55.2. The van der Waals surface area contributed by atoms with E-state index in [0.717, 1.165) is 12.2 Å². The van der Waals surface area contributed by atoms with Crippen LogP contribution in [-0.4, -0.2) is 193 Å². The van der Waals surface area contributed by atoms with Crippen molar-refractivity contribution in [2.45, 2.75) is 150 Å². The summed E-state index contributed by atoms with van der Waals surface area (Å²) in [4.78, 5) is 121. The molecule has 89 heavy (non-hydrogen) atoms. The highest BCUT2D eigenvalue weighted by atomic mass is 16.6. The highest BCUT2D eigenvalue weighted by Crippen LogP contribution is 2.31. The number of carbonyl (C=O) groups is 9. The predicted molar refractivity (Wildman–Crippen MR) is 336 cm³/mol. The molecule has 0 saturated heterocycles. The first-order chi connectivity index (χ1) is 41.9. The summed E-state index contributed by atoms with van der Waals surface area (Å²) < 4.78 is 33.8. The minimum Gasteiger partial charge on any atom is -0.455 e. The van der Waals surface area contributed by atoms with E-state index in [2.05, 4.69) is 26.4 Å². The number of esters is 1. The number of primary amides is 1. The van der Waals surface area contributed by atoms with Crippen molar-refractivity contribution < 1.29 is 76.8 Å². The molecule has 0 unspecified atom stereocenters. The van der Waals surface area contributed by atoms with Gasteiger partial charge in [-0.2, -0.15) is 0 Å². The normalized spacial score (nSPS) is 29.2. The number of likely N-dealkylation sites (N-methyl/N-ethyl adjacent to an activating group) is 2. The molecule has 0 aromatic heterocycles. The third-order valence-corrected chi connectivity index (χ3v) is 15.7. The first kappa shape index (κ1) is 76.0. The smallest absolute Gasteiger partial charge is 0.405 e. The molecular weight excluding hydrogens is 1150 g/mol. The number of rotatable bonds is 14. The first-order valence-corrected chi connectivity index (χ1v) is 30.1. The van der Waals surface area contributed by atoms with Gasteiger partial charge in [0.25, 0.3) is 11.8 Å². The Balaban J connectivity index is 0.000000465. The van der Waals surface area contributed by atoms with E-state index in [-0.39, 0.29) is 64.4 Å². The standard InChI is InChI=1S/C33H49N3O8.C32H49N5O8/c1-19-15-24-29(34-13-14-36(6)7)26(38)18-25(31(24)40)35-33(41)20(2)11-10-12-27(42-8)32(44-23(5)37)22(4)17-21(3)30(39)28(16-19)43-9;1-18-14-22-28(34-12-13-37(5)6)24(38)17-23(29(22)39)35-31(40)19(2)10-9-11-25(43-7)30(45-32(33)41)21(4)16-20(3)27(36-42)26(15-18)44-8/h11,17-19,21,27-28,32,34H,10,12-16H2,1-9H3,(H,35,41);10,16-18,20,25-26,30,34,42H,9,11-15H2,1-8H3,(H2,33,41)(H,35,40)/b20-11+,22-17+;19-10+,21-16+,36-27+/t19-,21+,27+,28+,32+;18-,20+,25+,26+,30+/m11/s1. The van der Waals surface area contributed by atoms with Crippen molar-refractivity contribution in [3.63, 3.8) is 0 Å². The van der Waals surface area contributed by atoms with Crippen LogP contribution in [0.2, 0.25) is 0 Å². The molecule has 0 saturated carbocycles. The molecule has 0 aromatic rings. The number of nitrogens with two attached hydrogens (primary N) is 1. The molecule has 2 heterocycles. The van der Waals surface area contributed by atoms with Gasteiger partial charge in [-0.25, -0.2) is 4.79 Å². The molecule has 0 fully saturated rings. The predicted octanol–water partition coefficient (Wildman–Crippen LogP) is 5.42. The van der Waals surface area contributed by atoms with Gasteiger partial charge in [0.1, 0.15) is 12.2 Å². The van der Waals surface area contributed by atoms with Crippen LogP contribution in [0.1, 0.15) is 114 Å². The van der Waals surface area contributed by atoms with Crippen LogP contribution < -0.4 is 27.0 Å². The van der Waals surface area contributed by atoms with Gasteiger partial charge in [-0.1, -0.05) is 57.2 Å². The molecular formula is C65H98N8O16.